The molecule has 1 saturated heterocycles. The molecule has 2 aromatic rings. The fourth-order valence-corrected chi connectivity index (χ4v) is 8.52. The summed E-state index contributed by atoms with van der Waals surface area (Å²) in [6.45, 7) is 12.5. The van der Waals surface area contributed by atoms with E-state index >= 15 is 0 Å². The Hall–Kier alpha value is -6.50. The van der Waals surface area contributed by atoms with Gasteiger partial charge in [-0.1, -0.05) is 39.0 Å². The summed E-state index contributed by atoms with van der Waals surface area (Å²) in [6, 6.07) is 2.66. The Kier molecular flexibility index (Phi) is 12.5. The Bertz CT molecular complexity index is 2690. The summed E-state index contributed by atoms with van der Waals surface area (Å²) in [6.07, 6.45) is 3.23. The van der Waals surface area contributed by atoms with Crippen LogP contribution in [0, 0.1) is 24.7 Å². The number of Topliss-reactive ketones (excluding diaryl/α,β-unsaturated/α-hetero) is 1. The van der Waals surface area contributed by atoms with Crippen LogP contribution in [0.25, 0.3) is 33.3 Å². The lowest BCUT2D eigenvalue weighted by Gasteiger charge is -2.33. The number of nitrogens with one attached hydrogen (secondary N) is 2. The van der Waals surface area contributed by atoms with E-state index in [1.807, 2.05) is 13.8 Å². The number of hydrogen-bond donors (Lipinski definition) is 5. The largest absolute Gasteiger partial charge is 0.507 e. The van der Waals surface area contributed by atoms with Gasteiger partial charge in [-0.15, -0.1) is 0 Å². The quantitative estimate of drug-likeness (QED) is 0.0744. The number of esters is 1. The molecule has 340 valence electrons. The van der Waals surface area contributed by atoms with Crippen molar-refractivity contribution in [2.45, 2.75) is 91.7 Å². The number of hydrogen-bond acceptors (Lipinski definition) is 16. The first-order chi connectivity index (χ1) is 30.3. The molecule has 1 aliphatic carbocycles. The number of aliphatic hydroxyl groups excluding tert-OH is 1. The molecule has 0 aromatic heterocycles. The van der Waals surface area contributed by atoms with Gasteiger partial charge in [-0.2, -0.15) is 0 Å². The molecular weight excluding hydrogens is 835 g/mol. The third-order valence-corrected chi connectivity index (χ3v) is 12.0. The van der Waals surface area contributed by atoms with Crippen molar-refractivity contribution in [3.8, 4) is 34.5 Å². The second-order valence-corrected chi connectivity index (χ2v) is 16.6. The van der Waals surface area contributed by atoms with Crippen LogP contribution < -0.4 is 25.5 Å². The fraction of sp³-hybridized carbons (Fsp3) is 0.435. The van der Waals surface area contributed by atoms with Crippen molar-refractivity contribution in [2.75, 3.05) is 25.6 Å². The van der Waals surface area contributed by atoms with Gasteiger partial charge < -0.3 is 58.8 Å². The fourth-order valence-electron chi connectivity index (χ4n) is 8.52. The Morgan fingerprint density at radius 3 is 2.44 bits per heavy atom. The molecule has 0 spiro atoms. The van der Waals surface area contributed by atoms with Gasteiger partial charge in [0.1, 0.15) is 58.7 Å². The number of carbonyl (C=O) groups is 4. The number of benzene rings is 3. The van der Waals surface area contributed by atoms with Crippen LogP contribution in [0.2, 0.25) is 0 Å². The van der Waals surface area contributed by atoms with Crippen LogP contribution in [0.4, 0.5) is 5.69 Å². The van der Waals surface area contributed by atoms with Crippen LogP contribution in [0.15, 0.2) is 57.5 Å². The molecule has 7 bridgehead atoms. The van der Waals surface area contributed by atoms with Gasteiger partial charge >= 0.3 is 11.8 Å². The number of amides is 2. The number of rotatable bonds is 6. The molecule has 18 nitrogen and oxygen atoms in total. The highest BCUT2D eigenvalue weighted by atomic mass is 16.7. The van der Waals surface area contributed by atoms with E-state index in [-0.39, 0.29) is 86.5 Å². The lowest BCUT2D eigenvalue weighted by Crippen LogP contribution is -2.46. The van der Waals surface area contributed by atoms with Gasteiger partial charge in [0.15, 0.2) is 11.3 Å². The SMILES string of the molecule is CO[C@H]1/C=C/O[C@@]2(C)Oc3c(C)c(O)c4c(=O)c(c5oc6cc(OCCNC(C)=O)cc(O)c6nc-5c4c3C2=O)NC(=O)/C(C)=C\C=C\[C@H](C)[C@@H]2O[C@H]([C@H](O)[C@@H]2C)[C@H](OC(C)=O)[C@@H]1C. The van der Waals surface area contributed by atoms with E-state index < -0.39 is 88.4 Å². The molecule has 0 saturated carbocycles. The number of phenolic OH excluding ortho intramolecular Hbond substituents is 2. The van der Waals surface area contributed by atoms with Crippen LogP contribution in [-0.4, -0.2) is 100 Å². The summed E-state index contributed by atoms with van der Waals surface area (Å²) in [7, 11) is 1.43. The smallest absolute Gasteiger partial charge is 0.312 e. The number of aromatic hydroxyl groups is 2. The summed E-state index contributed by atoms with van der Waals surface area (Å²) in [4.78, 5) is 71.8. The van der Waals surface area contributed by atoms with Crippen molar-refractivity contribution < 1.29 is 67.3 Å². The molecule has 64 heavy (non-hydrogen) atoms. The van der Waals surface area contributed by atoms with Gasteiger partial charge in [0, 0.05) is 74.3 Å². The molecule has 2 aromatic carbocycles. The standard InChI is InChI=1S/C46H51N3O15/c1-19-11-10-12-20(2)45(57)49-35-38(55)31-30(34-42(35)62-29-18-26(17-27(52)33(29)48-34)59-16-14-47-24(6)50)32-40(22(4)36(31)53)64-46(8,44(32)56)60-15-13-28(58-9)21(3)41(61-25(7)51)43-37(54)23(5)39(19)63-43/h10-13,15,17-19,21,23,28,37,39,41,43,52-54H,14,16H2,1-9H3,(H,47,50)(H,49,57)/b11-10+,15-13+,20-12-/t19-,21+,23-,28-,37+,39-,41+,43+,46-/m0/s1. The van der Waals surface area contributed by atoms with Gasteiger partial charge in [0.25, 0.3) is 11.7 Å². The Morgan fingerprint density at radius 1 is 1.02 bits per heavy atom. The topological polar surface area (TPSA) is 252 Å². The number of phenols is 2. The number of methoxy groups -OCH3 is 1. The Labute approximate surface area is 367 Å². The van der Waals surface area contributed by atoms with Crippen LogP contribution in [0.1, 0.15) is 64.4 Å². The Morgan fingerprint density at radius 2 is 1.75 bits per heavy atom. The lowest BCUT2D eigenvalue weighted by molar-refractivity contribution is -0.168. The van der Waals surface area contributed by atoms with Gasteiger partial charge in [0.05, 0.1) is 42.1 Å². The van der Waals surface area contributed by atoms with Crippen molar-refractivity contribution in [3.63, 3.8) is 0 Å². The molecular formula is C46H51N3O15. The summed E-state index contributed by atoms with van der Waals surface area (Å²) in [5.41, 5.74) is -1.81. The zero-order valence-corrected chi connectivity index (χ0v) is 36.8. The number of anilines is 1. The predicted octanol–water partition coefficient (Wildman–Crippen LogP) is 4.94. The molecule has 1 fully saturated rings. The van der Waals surface area contributed by atoms with Crippen LogP contribution in [0.3, 0.4) is 0 Å². The first kappa shape index (κ1) is 45.5. The minimum absolute atomic E-state index is 0.00238. The molecule has 0 unspecified atom stereocenters. The van der Waals surface area contributed by atoms with E-state index in [0.29, 0.717) is 0 Å². The number of aromatic nitrogens is 1. The summed E-state index contributed by atoms with van der Waals surface area (Å²) < 4.78 is 42.3. The van der Waals surface area contributed by atoms with Gasteiger partial charge in [0.2, 0.25) is 11.3 Å². The maximum atomic E-state index is 14.7. The van der Waals surface area contributed by atoms with Gasteiger partial charge in [-0.3, -0.25) is 24.0 Å². The van der Waals surface area contributed by atoms with Crippen molar-refractivity contribution in [1.82, 2.24) is 10.3 Å². The number of ether oxygens (including phenoxy) is 6. The minimum atomic E-state index is -2.10. The van der Waals surface area contributed by atoms with E-state index in [1.165, 1.54) is 72.3 Å². The second-order valence-electron chi connectivity index (χ2n) is 16.6. The molecule has 0 radical (unpaired) electrons. The first-order valence-corrected chi connectivity index (χ1v) is 20.8. The zero-order valence-electron chi connectivity index (χ0n) is 36.8. The minimum Gasteiger partial charge on any atom is -0.507 e. The zero-order chi connectivity index (χ0) is 46.5. The van der Waals surface area contributed by atoms with Crippen LogP contribution in [0.5, 0.6) is 23.0 Å². The first-order valence-electron chi connectivity index (χ1n) is 20.8. The van der Waals surface area contributed by atoms with Gasteiger partial charge in [-0.25, -0.2) is 4.98 Å². The molecule has 5 N–H and O–H groups in total. The van der Waals surface area contributed by atoms with Crippen LogP contribution in [-0.2, 0) is 33.3 Å². The molecule has 8 rings (SSSR count). The highest BCUT2D eigenvalue weighted by Crippen LogP contribution is 2.51. The van der Waals surface area contributed by atoms with Crippen molar-refractivity contribution in [2.24, 2.45) is 17.8 Å². The van der Waals surface area contributed by atoms with E-state index in [2.05, 4.69) is 15.6 Å². The van der Waals surface area contributed by atoms with E-state index in [1.54, 1.807) is 19.1 Å². The molecule has 2 amide bonds. The average Bonchev–Trinajstić information content (AvgIpc) is 3.69. The highest BCUT2D eigenvalue weighted by Gasteiger charge is 2.51. The average molecular weight is 886 g/mol. The molecule has 9 atom stereocenters. The summed E-state index contributed by atoms with van der Waals surface area (Å²) in [5.74, 6) is -7.18. The van der Waals surface area contributed by atoms with Crippen molar-refractivity contribution >= 4 is 51.1 Å². The normalized spacial score (nSPS) is 29.0. The van der Waals surface area contributed by atoms with Gasteiger partial charge in [-0.05, 0) is 19.9 Å². The lowest BCUT2D eigenvalue weighted by atomic mass is 9.86. The van der Waals surface area contributed by atoms with E-state index in [9.17, 15) is 39.3 Å². The molecule has 5 aliphatic heterocycles. The van der Waals surface area contributed by atoms with Crippen LogP contribution >= 0.6 is 0 Å². The maximum Gasteiger partial charge on any atom is 0.312 e. The molecule has 18 heteroatoms. The number of aliphatic hydroxyl groups is 1. The Balaban J connectivity index is 1.43. The third kappa shape index (κ3) is 8.12. The number of nitrogens with zero attached hydrogens (tertiary/aromatic N) is 1. The number of allylic oxidation sites excluding steroid dienone is 2. The summed E-state index contributed by atoms with van der Waals surface area (Å²) in [5, 5.41) is 39.1. The number of ketones is 1. The summed E-state index contributed by atoms with van der Waals surface area (Å²) >= 11 is 0. The maximum absolute atomic E-state index is 14.7. The molecule has 6 aliphatic rings. The van der Waals surface area contributed by atoms with E-state index in [0.717, 1.165) is 0 Å². The van der Waals surface area contributed by atoms with Crippen molar-refractivity contribution in [3.05, 3.63) is 69.6 Å². The second kappa shape index (κ2) is 17.6. The highest BCUT2D eigenvalue weighted by molar-refractivity contribution is 6.22. The predicted molar refractivity (Wildman–Crippen MR) is 230 cm³/mol. The third-order valence-electron chi connectivity index (χ3n) is 12.0. The number of carbonyl (C=O) groups excluding carboxylic acids is 4. The van der Waals surface area contributed by atoms with E-state index in [4.69, 9.17) is 32.8 Å². The monoisotopic (exact) mass is 885 g/mol. The van der Waals surface area contributed by atoms with Crippen molar-refractivity contribution in [1.29, 1.82) is 0 Å². The number of fused-ring (bicyclic) bond motifs is 9. The molecule has 5 heterocycles.